The highest BCUT2D eigenvalue weighted by Crippen LogP contribution is 2.35. The summed E-state index contributed by atoms with van der Waals surface area (Å²) in [6.07, 6.45) is 0.972. The number of piperidine rings is 1. The van der Waals surface area contributed by atoms with Crippen molar-refractivity contribution in [2.75, 3.05) is 44.3 Å². The number of ether oxygens (including phenoxy) is 2. The lowest BCUT2D eigenvalue weighted by molar-refractivity contribution is -0.0267. The second-order valence-electron chi connectivity index (χ2n) is 12.1. The minimum absolute atomic E-state index is 0.00651. The molecule has 0 radical (unpaired) electrons. The first-order chi connectivity index (χ1) is 21.0. The van der Waals surface area contributed by atoms with Crippen LogP contribution in [-0.4, -0.2) is 98.8 Å². The molecule has 6 rings (SSSR count). The Labute approximate surface area is 254 Å². The number of hydrogen-bond acceptors (Lipinski definition) is 10. The van der Waals surface area contributed by atoms with Gasteiger partial charge in [0.05, 0.1) is 71.7 Å². The smallest absolute Gasteiger partial charge is 0.417 e. The van der Waals surface area contributed by atoms with E-state index in [2.05, 4.69) is 14.8 Å². The average molecular weight is 604 g/mol. The number of carbonyl (C=O) groups excluding carboxylic acids is 2. The zero-order valence-electron chi connectivity index (χ0n) is 24.9. The van der Waals surface area contributed by atoms with E-state index in [1.807, 2.05) is 12.1 Å². The normalized spacial score (nSPS) is 20.9. The van der Waals surface area contributed by atoms with Crippen LogP contribution in [0.15, 0.2) is 36.5 Å². The van der Waals surface area contributed by atoms with E-state index < -0.39 is 29.5 Å². The molecule has 2 atom stereocenters. The molecule has 230 valence electrons. The van der Waals surface area contributed by atoms with Crippen molar-refractivity contribution in [2.45, 2.75) is 51.5 Å². The quantitative estimate of drug-likeness (QED) is 0.474. The molecule has 44 heavy (non-hydrogen) atoms. The number of amides is 2. The molecule has 1 N–H and O–H groups in total. The van der Waals surface area contributed by atoms with Gasteiger partial charge in [-0.1, -0.05) is 6.07 Å². The van der Waals surface area contributed by atoms with E-state index in [1.54, 1.807) is 27.0 Å². The molecule has 13 heteroatoms. The number of halogens is 1. The molecule has 2 unspecified atom stereocenters. The van der Waals surface area contributed by atoms with E-state index in [1.165, 1.54) is 28.9 Å². The topological polar surface area (TPSA) is 137 Å². The fourth-order valence-corrected chi connectivity index (χ4v) is 5.95. The van der Waals surface area contributed by atoms with Gasteiger partial charge < -0.3 is 19.5 Å². The fraction of sp³-hybridized carbons (Fsp3) is 0.452. The highest BCUT2D eigenvalue weighted by molar-refractivity contribution is 6.08. The zero-order chi connectivity index (χ0) is 31.2. The van der Waals surface area contributed by atoms with Gasteiger partial charge in [0.1, 0.15) is 11.4 Å². The van der Waals surface area contributed by atoms with E-state index in [-0.39, 0.29) is 40.7 Å². The predicted molar refractivity (Wildman–Crippen MR) is 157 cm³/mol. The highest BCUT2D eigenvalue weighted by atomic mass is 19.1. The summed E-state index contributed by atoms with van der Waals surface area (Å²) >= 11 is 0. The van der Waals surface area contributed by atoms with Gasteiger partial charge in [-0.25, -0.2) is 23.8 Å². The lowest BCUT2D eigenvalue weighted by atomic mass is 10.00. The minimum atomic E-state index is -0.833. The van der Waals surface area contributed by atoms with Gasteiger partial charge in [0, 0.05) is 38.4 Å². The average Bonchev–Trinajstić information content (AvgIpc) is 3.62. The van der Waals surface area contributed by atoms with Crippen LogP contribution in [-0.2, 0) is 16.0 Å². The Morgan fingerprint density at radius 2 is 1.95 bits per heavy atom. The van der Waals surface area contributed by atoms with Gasteiger partial charge in [0.15, 0.2) is 5.82 Å². The molecule has 5 heterocycles. The van der Waals surface area contributed by atoms with E-state index in [9.17, 15) is 20.0 Å². The zero-order valence-corrected chi connectivity index (χ0v) is 24.9. The lowest BCUT2D eigenvalue weighted by Crippen LogP contribution is -2.58. The molecule has 3 aliphatic heterocycles. The van der Waals surface area contributed by atoms with Crippen LogP contribution < -0.4 is 4.90 Å². The Morgan fingerprint density at radius 3 is 2.68 bits per heavy atom. The standard InChI is InChI=1S/C31H34FN7O5/c1-31(2,3)44-30(42)38-17-22-28(29(38)41)23(15-21(34-22)27-19(16-33)5-4-6-20(27)32)39-10-8-26(35-39)37-9-7-25(40)24(18-37)36-11-13-43-14-12-36/h4-6,8,10,15,24-25,40H,7,9,11-14,17-18H2,1-3H3. The molecule has 2 amide bonds. The van der Waals surface area contributed by atoms with Crippen molar-refractivity contribution in [3.8, 4) is 23.0 Å². The number of benzene rings is 1. The summed E-state index contributed by atoms with van der Waals surface area (Å²) in [5.41, 5.74) is 0.0571. The Balaban J connectivity index is 1.39. The number of aromatic nitrogens is 3. The largest absolute Gasteiger partial charge is 0.443 e. The maximum atomic E-state index is 15.1. The first kappa shape index (κ1) is 29.7. The molecule has 2 saturated heterocycles. The minimum Gasteiger partial charge on any atom is -0.443 e. The second-order valence-corrected chi connectivity index (χ2v) is 12.1. The number of anilines is 1. The van der Waals surface area contributed by atoms with Gasteiger partial charge in [0.25, 0.3) is 5.91 Å². The van der Waals surface area contributed by atoms with Crippen LogP contribution in [0, 0.1) is 17.1 Å². The van der Waals surface area contributed by atoms with Crippen LogP contribution in [0.4, 0.5) is 15.0 Å². The summed E-state index contributed by atoms with van der Waals surface area (Å²) in [5.74, 6) is -0.610. The molecule has 0 spiro atoms. The first-order valence-corrected chi connectivity index (χ1v) is 14.6. The number of aliphatic hydroxyl groups excluding tert-OH is 1. The van der Waals surface area contributed by atoms with Crippen LogP contribution in [0.2, 0.25) is 0 Å². The number of nitriles is 1. The van der Waals surface area contributed by atoms with Crippen LogP contribution in [0.5, 0.6) is 0 Å². The van der Waals surface area contributed by atoms with Gasteiger partial charge >= 0.3 is 6.09 Å². The maximum Gasteiger partial charge on any atom is 0.417 e. The Bertz CT molecular complexity index is 1640. The van der Waals surface area contributed by atoms with E-state index in [0.29, 0.717) is 44.2 Å². The summed E-state index contributed by atoms with van der Waals surface area (Å²) in [5, 5.41) is 25.3. The summed E-state index contributed by atoms with van der Waals surface area (Å²) in [4.78, 5) is 36.5. The molecule has 3 aromatic rings. The monoisotopic (exact) mass is 603 g/mol. The molecule has 2 aromatic heterocycles. The van der Waals surface area contributed by atoms with E-state index in [0.717, 1.165) is 18.0 Å². The second kappa shape index (κ2) is 11.6. The molecule has 0 aliphatic carbocycles. The third-order valence-corrected chi connectivity index (χ3v) is 8.05. The van der Waals surface area contributed by atoms with Gasteiger partial charge in [-0.3, -0.25) is 9.69 Å². The number of fused-ring (bicyclic) bond motifs is 1. The molecule has 0 bridgehead atoms. The SMILES string of the molecule is CC(C)(C)OC(=O)N1Cc2nc(-c3c(F)cccc3C#N)cc(-n3ccc(N4CCC(O)C(N5CCOCC5)C4)n3)c2C1=O. The van der Waals surface area contributed by atoms with Gasteiger partial charge in [-0.05, 0) is 45.4 Å². The van der Waals surface area contributed by atoms with Crippen LogP contribution in [0.3, 0.4) is 0 Å². The Hall–Kier alpha value is -4.38. The van der Waals surface area contributed by atoms with Crippen molar-refractivity contribution in [3.05, 3.63) is 59.2 Å². The predicted octanol–water partition coefficient (Wildman–Crippen LogP) is 3.11. The van der Waals surface area contributed by atoms with E-state index >= 15 is 4.39 Å². The van der Waals surface area contributed by atoms with Crippen molar-refractivity contribution in [3.63, 3.8) is 0 Å². The summed E-state index contributed by atoms with van der Waals surface area (Å²) < 4.78 is 27.6. The maximum absolute atomic E-state index is 15.1. The highest BCUT2D eigenvalue weighted by Gasteiger charge is 2.40. The molecule has 3 aliphatic rings. The molecular formula is C31H34FN7O5. The van der Waals surface area contributed by atoms with Crippen LogP contribution in [0.25, 0.3) is 16.9 Å². The number of hydrogen-bond donors (Lipinski definition) is 1. The van der Waals surface area contributed by atoms with Crippen molar-refractivity contribution >= 4 is 17.8 Å². The Kier molecular flexibility index (Phi) is 7.83. The number of carbonyl (C=O) groups is 2. The molecular weight excluding hydrogens is 569 g/mol. The molecule has 12 nitrogen and oxygen atoms in total. The Morgan fingerprint density at radius 1 is 1.18 bits per heavy atom. The number of pyridine rings is 1. The summed E-state index contributed by atoms with van der Waals surface area (Å²) in [6.45, 7) is 8.81. The third-order valence-electron chi connectivity index (χ3n) is 8.05. The van der Waals surface area contributed by atoms with Crippen molar-refractivity contribution in [2.24, 2.45) is 0 Å². The van der Waals surface area contributed by atoms with Gasteiger partial charge in [0.2, 0.25) is 0 Å². The van der Waals surface area contributed by atoms with Crippen molar-refractivity contribution in [1.29, 1.82) is 5.26 Å². The van der Waals surface area contributed by atoms with Crippen molar-refractivity contribution < 1.29 is 28.6 Å². The molecule has 2 fully saturated rings. The molecule has 1 aromatic carbocycles. The third kappa shape index (κ3) is 5.63. The summed E-state index contributed by atoms with van der Waals surface area (Å²) in [6, 6.07) is 9.44. The van der Waals surface area contributed by atoms with Gasteiger partial charge in [-0.2, -0.15) is 10.4 Å². The van der Waals surface area contributed by atoms with Gasteiger partial charge in [-0.15, -0.1) is 0 Å². The molecule has 0 saturated carbocycles. The first-order valence-electron chi connectivity index (χ1n) is 14.6. The van der Waals surface area contributed by atoms with Crippen LogP contribution in [0.1, 0.15) is 48.8 Å². The van der Waals surface area contributed by atoms with Crippen LogP contribution >= 0.6 is 0 Å². The summed E-state index contributed by atoms with van der Waals surface area (Å²) in [7, 11) is 0. The lowest BCUT2D eigenvalue weighted by Gasteiger charge is -2.43. The number of nitrogens with zero attached hydrogens (tertiary/aromatic N) is 7. The van der Waals surface area contributed by atoms with Crippen molar-refractivity contribution in [1.82, 2.24) is 24.6 Å². The number of rotatable bonds is 4. The number of morpholine rings is 1. The number of aliphatic hydroxyl groups is 1. The van der Waals surface area contributed by atoms with E-state index in [4.69, 9.17) is 14.6 Å². The number of imide groups is 1. The fourth-order valence-electron chi connectivity index (χ4n) is 5.95.